The molecule has 0 fully saturated rings. The summed E-state index contributed by atoms with van der Waals surface area (Å²) in [6, 6.07) is 9.39. The van der Waals surface area contributed by atoms with Crippen LogP contribution in [0.25, 0.3) is 0 Å². The summed E-state index contributed by atoms with van der Waals surface area (Å²) in [6.07, 6.45) is 7.04. The Hall–Kier alpha value is -1.10. The van der Waals surface area contributed by atoms with Gasteiger partial charge in [0.25, 0.3) is 0 Å². The Morgan fingerprint density at radius 2 is 1.79 bits per heavy atom. The number of Topliss-reactive ketones (excluding diaryl/α,β-unsaturated/α-hetero) is 1. The Morgan fingerprint density at radius 1 is 1.12 bits per heavy atom. The number of carbonyl (C=O) groups is 1. The average Bonchev–Trinajstić information content (AvgIpc) is 2.49. The molecule has 2 rings (SSSR count). The zero-order valence-corrected chi connectivity index (χ0v) is 18.5. The SMILES string of the molecule is CC(C)C(=O)c1ccc[n+](C)c1.C[n+]1ccccc1C=NO.[I-].[I-]. The summed E-state index contributed by atoms with van der Waals surface area (Å²) in [5.74, 6) is 0.276. The van der Waals surface area contributed by atoms with E-state index in [-0.39, 0.29) is 59.7 Å². The largest absolute Gasteiger partial charge is 1.00 e. The molecule has 132 valence electrons. The normalized spacial score (nSPS) is 9.54. The number of oxime groups is 1. The van der Waals surface area contributed by atoms with Crippen LogP contribution in [0.1, 0.15) is 29.9 Å². The minimum Gasteiger partial charge on any atom is -1.00 e. The summed E-state index contributed by atoms with van der Waals surface area (Å²) >= 11 is 0. The van der Waals surface area contributed by atoms with Crippen molar-refractivity contribution in [2.45, 2.75) is 13.8 Å². The molecule has 0 aliphatic carbocycles. The number of aryl methyl sites for hydroxylation is 2. The van der Waals surface area contributed by atoms with Gasteiger partial charge >= 0.3 is 0 Å². The molecule has 1 N–H and O–H groups in total. The number of rotatable bonds is 3. The first-order valence-corrected chi connectivity index (χ1v) is 7.07. The van der Waals surface area contributed by atoms with Gasteiger partial charge in [-0.1, -0.05) is 19.0 Å². The molecule has 0 radical (unpaired) electrons. The number of halogens is 2. The van der Waals surface area contributed by atoms with E-state index in [4.69, 9.17) is 5.21 Å². The molecule has 0 spiro atoms. The van der Waals surface area contributed by atoms with Crippen LogP contribution >= 0.6 is 0 Å². The lowest BCUT2D eigenvalue weighted by molar-refractivity contribution is -0.672. The van der Waals surface area contributed by atoms with E-state index in [0.717, 1.165) is 11.3 Å². The fourth-order valence-electron chi connectivity index (χ4n) is 1.80. The summed E-state index contributed by atoms with van der Waals surface area (Å²) in [6.45, 7) is 3.82. The third-order valence-corrected chi connectivity index (χ3v) is 3.03. The molecular formula is C17H23I2N3O2. The van der Waals surface area contributed by atoms with Crippen molar-refractivity contribution in [2.75, 3.05) is 0 Å². The van der Waals surface area contributed by atoms with Crippen molar-refractivity contribution in [3.63, 3.8) is 0 Å². The van der Waals surface area contributed by atoms with E-state index in [2.05, 4.69) is 5.16 Å². The minimum absolute atomic E-state index is 0. The molecule has 0 aromatic carbocycles. The van der Waals surface area contributed by atoms with E-state index < -0.39 is 0 Å². The number of hydrogen-bond donors (Lipinski definition) is 1. The van der Waals surface area contributed by atoms with Crippen molar-refractivity contribution in [1.29, 1.82) is 0 Å². The zero-order valence-electron chi connectivity index (χ0n) is 14.2. The van der Waals surface area contributed by atoms with Crippen molar-refractivity contribution in [1.82, 2.24) is 0 Å². The lowest BCUT2D eigenvalue weighted by atomic mass is 10.0. The van der Waals surface area contributed by atoms with Gasteiger partial charge in [-0.25, -0.2) is 9.13 Å². The lowest BCUT2D eigenvalue weighted by Crippen LogP contribution is -3.00. The molecule has 24 heavy (non-hydrogen) atoms. The Kier molecular flexibility index (Phi) is 13.9. The fraction of sp³-hybridized carbons (Fsp3) is 0.294. The van der Waals surface area contributed by atoms with Crippen LogP contribution in [0.2, 0.25) is 0 Å². The molecule has 0 bridgehead atoms. The van der Waals surface area contributed by atoms with Crippen molar-refractivity contribution in [3.8, 4) is 0 Å². The quantitative estimate of drug-likeness (QED) is 0.104. The highest BCUT2D eigenvalue weighted by Gasteiger charge is 2.12. The molecule has 0 aliphatic heterocycles. The van der Waals surface area contributed by atoms with Gasteiger partial charge in [-0.15, -0.1) is 0 Å². The molecule has 2 aromatic rings. The second-order valence-corrected chi connectivity index (χ2v) is 5.26. The topological polar surface area (TPSA) is 57.4 Å². The van der Waals surface area contributed by atoms with Crippen molar-refractivity contribution < 1.29 is 67.1 Å². The molecule has 0 amide bonds. The minimum atomic E-state index is 0. The van der Waals surface area contributed by atoms with Crippen molar-refractivity contribution in [3.05, 3.63) is 60.2 Å². The van der Waals surface area contributed by atoms with Gasteiger partial charge in [0.2, 0.25) is 5.69 Å². The first kappa shape index (κ1) is 25.1. The maximum absolute atomic E-state index is 11.5. The van der Waals surface area contributed by atoms with E-state index in [9.17, 15) is 4.79 Å². The monoisotopic (exact) mass is 555 g/mol. The second kappa shape index (κ2) is 13.2. The van der Waals surface area contributed by atoms with Gasteiger partial charge in [-0.3, -0.25) is 4.79 Å². The molecular weight excluding hydrogens is 532 g/mol. The van der Waals surface area contributed by atoms with Crippen LogP contribution in [0.5, 0.6) is 0 Å². The van der Waals surface area contributed by atoms with Crippen LogP contribution in [-0.2, 0) is 14.1 Å². The van der Waals surface area contributed by atoms with E-state index in [0.29, 0.717) is 0 Å². The van der Waals surface area contributed by atoms with Crippen LogP contribution < -0.4 is 57.1 Å². The predicted molar refractivity (Wildman–Crippen MR) is 83.8 cm³/mol. The number of aromatic nitrogens is 2. The number of pyridine rings is 2. The van der Waals surface area contributed by atoms with E-state index >= 15 is 0 Å². The lowest BCUT2D eigenvalue weighted by Gasteiger charge is -2.00. The predicted octanol–water partition coefficient (Wildman–Crippen LogP) is -4.32. The Labute approximate surface area is 177 Å². The average molecular weight is 555 g/mol. The maximum Gasteiger partial charge on any atom is 0.226 e. The molecule has 5 nitrogen and oxygen atoms in total. The zero-order chi connectivity index (χ0) is 16.5. The molecule has 2 aromatic heterocycles. The second-order valence-electron chi connectivity index (χ2n) is 5.26. The fourth-order valence-corrected chi connectivity index (χ4v) is 1.80. The van der Waals surface area contributed by atoms with E-state index in [1.54, 1.807) is 0 Å². The summed E-state index contributed by atoms with van der Waals surface area (Å²) < 4.78 is 3.75. The first-order chi connectivity index (χ1) is 10.5. The van der Waals surface area contributed by atoms with E-state index in [1.807, 2.05) is 86.0 Å². The van der Waals surface area contributed by atoms with Gasteiger partial charge < -0.3 is 53.2 Å². The van der Waals surface area contributed by atoms with Gasteiger partial charge in [-0.05, 0) is 12.1 Å². The molecule has 7 heteroatoms. The van der Waals surface area contributed by atoms with Gasteiger partial charge in [0, 0.05) is 24.1 Å². The number of carbonyl (C=O) groups excluding carboxylic acids is 1. The highest BCUT2D eigenvalue weighted by molar-refractivity contribution is 5.96. The van der Waals surface area contributed by atoms with Crippen molar-refractivity contribution in [2.24, 2.45) is 25.2 Å². The summed E-state index contributed by atoms with van der Waals surface area (Å²) in [5.41, 5.74) is 1.65. The van der Waals surface area contributed by atoms with Gasteiger partial charge in [0.15, 0.2) is 24.4 Å². The summed E-state index contributed by atoms with van der Waals surface area (Å²) in [7, 11) is 3.80. The molecule has 2 heterocycles. The summed E-state index contributed by atoms with van der Waals surface area (Å²) in [4.78, 5) is 11.5. The highest BCUT2D eigenvalue weighted by atomic mass is 127. The smallest absolute Gasteiger partial charge is 0.226 e. The van der Waals surface area contributed by atoms with Gasteiger partial charge in [0.05, 0.1) is 5.56 Å². The maximum atomic E-state index is 11.5. The number of ketones is 1. The third kappa shape index (κ3) is 8.67. The summed E-state index contributed by atoms with van der Waals surface area (Å²) in [5, 5.41) is 11.1. The van der Waals surface area contributed by atoms with E-state index in [1.165, 1.54) is 6.21 Å². The first-order valence-electron chi connectivity index (χ1n) is 7.07. The van der Waals surface area contributed by atoms with Crippen LogP contribution in [0.3, 0.4) is 0 Å². The third-order valence-electron chi connectivity index (χ3n) is 3.03. The number of hydrogen-bond acceptors (Lipinski definition) is 3. The molecule has 0 unspecified atom stereocenters. The van der Waals surface area contributed by atoms with Gasteiger partial charge in [0.1, 0.15) is 20.3 Å². The van der Waals surface area contributed by atoms with Crippen molar-refractivity contribution >= 4 is 12.0 Å². The van der Waals surface area contributed by atoms with Crippen LogP contribution in [0.4, 0.5) is 0 Å². The molecule has 0 saturated carbocycles. The Balaban J connectivity index is 0. The Bertz CT molecular complexity index is 662. The van der Waals surface area contributed by atoms with Crippen LogP contribution in [0, 0.1) is 5.92 Å². The standard InChI is InChI=1S/C10H14NO.C7H8N2O.2HI/c1-8(2)10(12)9-5-4-6-11(3)7-9;1-9-5-3-2-4-7(9)6-8-10;;/h4-8H,1-3H3;2-6H,1H3;2*1H/q+1;;;/p-1. The highest BCUT2D eigenvalue weighted by Crippen LogP contribution is 2.04. The van der Waals surface area contributed by atoms with Crippen LogP contribution in [-0.4, -0.2) is 17.2 Å². The molecule has 0 atom stereocenters. The Morgan fingerprint density at radius 3 is 2.29 bits per heavy atom. The van der Waals surface area contributed by atoms with Crippen LogP contribution in [0.15, 0.2) is 54.1 Å². The molecule has 0 aliphatic rings. The number of nitrogens with zero attached hydrogens (tertiary/aromatic N) is 3. The van der Waals surface area contributed by atoms with Gasteiger partial charge in [-0.2, -0.15) is 0 Å². The molecule has 0 saturated heterocycles.